The van der Waals surface area contributed by atoms with E-state index in [0.29, 0.717) is 12.1 Å². The highest BCUT2D eigenvalue weighted by Gasteiger charge is 2.22. The van der Waals surface area contributed by atoms with Crippen LogP contribution >= 0.6 is 0 Å². The van der Waals surface area contributed by atoms with Gasteiger partial charge in [0, 0.05) is 18.6 Å². The van der Waals surface area contributed by atoms with Crippen molar-refractivity contribution in [3.05, 3.63) is 11.4 Å². The van der Waals surface area contributed by atoms with E-state index in [4.69, 9.17) is 4.98 Å². The predicted octanol–water partition coefficient (Wildman–Crippen LogP) is 1.96. The Bertz CT molecular complexity index is 426. The van der Waals surface area contributed by atoms with Crippen LogP contribution in [0.25, 0.3) is 0 Å². The summed E-state index contributed by atoms with van der Waals surface area (Å²) >= 11 is 0. The molecule has 1 fully saturated rings. The number of nitrogens with zero attached hydrogens (tertiary/aromatic N) is 4. The maximum atomic E-state index is 4.75. The Morgan fingerprint density at radius 3 is 2.50 bits per heavy atom. The monoisotopic (exact) mass is 277 g/mol. The molecule has 0 saturated carbocycles. The van der Waals surface area contributed by atoms with Gasteiger partial charge in [-0.15, -0.1) is 5.10 Å². The van der Waals surface area contributed by atoms with Crippen molar-refractivity contribution in [2.45, 2.75) is 65.5 Å². The van der Waals surface area contributed by atoms with Crippen LogP contribution in [0.15, 0.2) is 0 Å². The topological polar surface area (TPSA) is 53.9 Å². The number of anilines is 1. The van der Waals surface area contributed by atoms with Crippen LogP contribution in [-0.2, 0) is 12.8 Å². The lowest BCUT2D eigenvalue weighted by atomic mass is 10.2. The predicted molar refractivity (Wildman–Crippen MR) is 82.1 cm³/mol. The summed E-state index contributed by atoms with van der Waals surface area (Å²) in [6.45, 7) is 10.7. The number of aromatic nitrogens is 3. The molecular weight excluding hydrogens is 250 g/mol. The van der Waals surface area contributed by atoms with Crippen LogP contribution in [0, 0.1) is 0 Å². The molecule has 112 valence electrons. The van der Waals surface area contributed by atoms with Crippen molar-refractivity contribution in [1.82, 2.24) is 20.5 Å². The van der Waals surface area contributed by atoms with Crippen molar-refractivity contribution in [2.24, 2.45) is 0 Å². The summed E-state index contributed by atoms with van der Waals surface area (Å²) in [7, 11) is 0. The van der Waals surface area contributed by atoms with Gasteiger partial charge >= 0.3 is 0 Å². The third-order valence-corrected chi connectivity index (χ3v) is 3.96. The van der Waals surface area contributed by atoms with Gasteiger partial charge in [0.1, 0.15) is 0 Å². The second-order valence-corrected chi connectivity index (χ2v) is 5.75. The summed E-state index contributed by atoms with van der Waals surface area (Å²) < 4.78 is 0. The van der Waals surface area contributed by atoms with E-state index in [0.717, 1.165) is 43.3 Å². The molecule has 1 N–H and O–H groups in total. The van der Waals surface area contributed by atoms with Crippen LogP contribution in [0.4, 0.5) is 5.95 Å². The van der Waals surface area contributed by atoms with Gasteiger partial charge < -0.3 is 10.2 Å². The minimum atomic E-state index is 0.386. The molecule has 0 aliphatic carbocycles. The molecule has 0 bridgehead atoms. The van der Waals surface area contributed by atoms with Gasteiger partial charge in [-0.1, -0.05) is 13.8 Å². The van der Waals surface area contributed by atoms with Crippen LogP contribution < -0.4 is 10.2 Å². The van der Waals surface area contributed by atoms with Gasteiger partial charge in [0.15, 0.2) is 0 Å². The number of nitrogens with one attached hydrogen (secondary N) is 1. The van der Waals surface area contributed by atoms with Gasteiger partial charge in [-0.2, -0.15) is 5.10 Å². The van der Waals surface area contributed by atoms with E-state index in [1.54, 1.807) is 0 Å². The molecular formula is C15H27N5. The average Bonchev–Trinajstić information content (AvgIpc) is 2.96. The highest BCUT2D eigenvalue weighted by Crippen LogP contribution is 2.16. The first kappa shape index (κ1) is 15.2. The molecule has 1 saturated heterocycles. The van der Waals surface area contributed by atoms with Crippen molar-refractivity contribution >= 4 is 5.95 Å². The highest BCUT2D eigenvalue weighted by molar-refractivity contribution is 5.32. The van der Waals surface area contributed by atoms with E-state index < -0.39 is 0 Å². The molecule has 5 heteroatoms. The third-order valence-electron chi connectivity index (χ3n) is 3.96. The fourth-order valence-electron chi connectivity index (χ4n) is 2.72. The first-order valence-corrected chi connectivity index (χ1v) is 7.88. The summed E-state index contributed by atoms with van der Waals surface area (Å²) in [5.74, 6) is 0.780. The summed E-state index contributed by atoms with van der Waals surface area (Å²) in [5, 5.41) is 12.3. The van der Waals surface area contributed by atoms with Gasteiger partial charge in [-0.25, -0.2) is 4.98 Å². The van der Waals surface area contributed by atoms with E-state index in [1.165, 1.54) is 12.8 Å². The fraction of sp³-hybridized carbons (Fsp3) is 0.800. The van der Waals surface area contributed by atoms with E-state index in [2.05, 4.69) is 48.1 Å². The van der Waals surface area contributed by atoms with Crippen molar-refractivity contribution in [2.75, 3.05) is 18.0 Å². The zero-order valence-corrected chi connectivity index (χ0v) is 13.2. The van der Waals surface area contributed by atoms with Gasteiger partial charge in [0.25, 0.3) is 0 Å². The number of hydrogen-bond acceptors (Lipinski definition) is 5. The van der Waals surface area contributed by atoms with Crippen molar-refractivity contribution in [3.8, 4) is 0 Å². The molecule has 5 nitrogen and oxygen atoms in total. The van der Waals surface area contributed by atoms with Crippen molar-refractivity contribution < 1.29 is 0 Å². The Hall–Kier alpha value is -1.23. The van der Waals surface area contributed by atoms with E-state index >= 15 is 0 Å². The molecule has 2 heterocycles. The van der Waals surface area contributed by atoms with Gasteiger partial charge in [-0.3, -0.25) is 0 Å². The number of rotatable bonds is 6. The molecule has 1 unspecified atom stereocenters. The van der Waals surface area contributed by atoms with E-state index in [1.807, 2.05) is 0 Å². The van der Waals surface area contributed by atoms with Crippen LogP contribution in [-0.4, -0.2) is 40.4 Å². The van der Waals surface area contributed by atoms with Crippen molar-refractivity contribution in [3.63, 3.8) is 0 Å². The quantitative estimate of drug-likeness (QED) is 0.861. The first-order chi connectivity index (χ1) is 9.65. The van der Waals surface area contributed by atoms with Crippen LogP contribution in [0.2, 0.25) is 0 Å². The Morgan fingerprint density at radius 1 is 1.20 bits per heavy atom. The summed E-state index contributed by atoms with van der Waals surface area (Å²) in [5.41, 5.74) is 2.11. The van der Waals surface area contributed by atoms with E-state index in [-0.39, 0.29) is 0 Å². The minimum absolute atomic E-state index is 0.386. The first-order valence-electron chi connectivity index (χ1n) is 7.88. The molecule has 20 heavy (non-hydrogen) atoms. The Morgan fingerprint density at radius 2 is 1.95 bits per heavy atom. The maximum absolute atomic E-state index is 4.75. The second-order valence-electron chi connectivity index (χ2n) is 5.75. The second kappa shape index (κ2) is 6.97. The largest absolute Gasteiger partial charge is 0.336 e. The molecule has 2 rings (SSSR count). The Kier molecular flexibility index (Phi) is 5.29. The summed E-state index contributed by atoms with van der Waals surface area (Å²) in [6, 6.07) is 0.938. The molecule has 1 aromatic heterocycles. The van der Waals surface area contributed by atoms with Crippen LogP contribution in [0.1, 0.15) is 51.9 Å². The smallest absolute Gasteiger partial charge is 0.245 e. The molecule has 0 radical (unpaired) electrons. The lowest BCUT2D eigenvalue weighted by molar-refractivity contribution is 0.540. The zero-order chi connectivity index (χ0) is 14.5. The summed E-state index contributed by atoms with van der Waals surface area (Å²) in [4.78, 5) is 7.02. The molecule has 1 aromatic rings. The fourth-order valence-corrected chi connectivity index (χ4v) is 2.72. The maximum Gasteiger partial charge on any atom is 0.245 e. The van der Waals surface area contributed by atoms with Crippen LogP contribution in [0.5, 0.6) is 0 Å². The highest BCUT2D eigenvalue weighted by atomic mass is 15.3. The average molecular weight is 277 g/mol. The van der Waals surface area contributed by atoms with Crippen LogP contribution in [0.3, 0.4) is 0 Å². The van der Waals surface area contributed by atoms with Gasteiger partial charge in [0.2, 0.25) is 5.95 Å². The SMILES string of the molecule is CCc1nnc(N(CC2CCCN2)C(C)C)nc1CC. The number of aryl methyl sites for hydroxylation is 2. The Balaban J connectivity index is 2.19. The minimum Gasteiger partial charge on any atom is -0.336 e. The van der Waals surface area contributed by atoms with E-state index in [9.17, 15) is 0 Å². The lowest BCUT2D eigenvalue weighted by Gasteiger charge is -2.29. The van der Waals surface area contributed by atoms with Gasteiger partial charge in [0.05, 0.1) is 11.4 Å². The van der Waals surface area contributed by atoms with Crippen molar-refractivity contribution in [1.29, 1.82) is 0 Å². The lowest BCUT2D eigenvalue weighted by Crippen LogP contribution is -2.42. The normalized spacial score (nSPS) is 18.8. The molecule has 0 aromatic carbocycles. The molecule has 0 spiro atoms. The third kappa shape index (κ3) is 3.45. The Labute approximate surface area is 122 Å². The standard InChI is InChI=1S/C15H27N5/c1-5-13-14(6-2)18-19-15(17-13)20(11(3)4)10-12-8-7-9-16-12/h11-12,16H,5-10H2,1-4H3. The van der Waals surface area contributed by atoms with Gasteiger partial charge in [-0.05, 0) is 46.1 Å². The zero-order valence-electron chi connectivity index (χ0n) is 13.2. The number of hydrogen-bond donors (Lipinski definition) is 1. The molecule has 1 aliphatic heterocycles. The summed E-state index contributed by atoms with van der Waals surface area (Å²) in [6.07, 6.45) is 4.32. The molecule has 1 aliphatic rings. The molecule has 1 atom stereocenters. The molecule has 0 amide bonds.